The number of nitrogens with zero attached hydrogens (tertiary/aromatic N) is 12. The average molecular weight is 1230 g/mol. The van der Waals surface area contributed by atoms with Crippen molar-refractivity contribution in [2.24, 2.45) is 35.5 Å². The number of alkyl halides is 6. The van der Waals surface area contributed by atoms with E-state index in [1.165, 1.54) is 21.8 Å². The van der Waals surface area contributed by atoms with Crippen molar-refractivity contribution in [1.82, 2.24) is 59.9 Å². The Bertz CT molecular complexity index is 3030. The van der Waals surface area contributed by atoms with Gasteiger partial charge in [-0.05, 0) is 112 Å². The molecule has 2 aromatic carbocycles. The molecule has 0 radical (unpaired) electrons. The molecule has 0 bridgehead atoms. The van der Waals surface area contributed by atoms with Crippen LogP contribution in [0.2, 0.25) is 20.1 Å². The zero-order valence-electron chi connectivity index (χ0n) is 46.5. The molecule has 4 aliphatic rings. The molecule has 4 fully saturated rings. The third-order valence-electron chi connectivity index (χ3n) is 16.3. The second kappa shape index (κ2) is 25.5. The number of aromatic nitrogens is 8. The smallest absolute Gasteiger partial charge is 0.355 e. The van der Waals surface area contributed by atoms with Crippen molar-refractivity contribution in [2.75, 3.05) is 88.3 Å². The number of nitrogens with one attached hydrogen (secondary N) is 2. The van der Waals surface area contributed by atoms with Gasteiger partial charge in [0.05, 0.1) is 24.5 Å². The monoisotopic (exact) mass is 1220 g/mol. The van der Waals surface area contributed by atoms with Gasteiger partial charge in [0.15, 0.2) is 22.7 Å². The third kappa shape index (κ3) is 13.9. The van der Waals surface area contributed by atoms with E-state index in [1.54, 1.807) is 50.2 Å². The minimum Gasteiger partial charge on any atom is -0.355 e. The Hall–Kier alpha value is -5.26. The first-order valence-electron chi connectivity index (χ1n) is 27.9. The fourth-order valence-corrected chi connectivity index (χ4v) is 12.5. The predicted molar refractivity (Wildman–Crippen MR) is 307 cm³/mol. The van der Waals surface area contributed by atoms with E-state index >= 15 is 0 Å². The van der Waals surface area contributed by atoms with Gasteiger partial charge in [0.25, 0.3) is 0 Å². The van der Waals surface area contributed by atoms with Crippen molar-refractivity contribution >= 4 is 92.2 Å². The van der Waals surface area contributed by atoms with Gasteiger partial charge in [-0.2, -0.15) is 36.5 Å². The maximum absolute atomic E-state index is 13.9. The lowest BCUT2D eigenvalue weighted by molar-refractivity contribution is -0.141. The van der Waals surface area contributed by atoms with E-state index in [9.17, 15) is 35.9 Å². The molecule has 0 spiro atoms. The Kier molecular flexibility index (Phi) is 19.1. The summed E-state index contributed by atoms with van der Waals surface area (Å²) in [5, 5.41) is 15.3. The number of benzene rings is 2. The molecule has 4 aromatic heterocycles. The SMILES string of the molecule is CC(C)C(=O)NCCN1CCC[C@@H](C2CN(c3cnc4c(C(F)(F)F)nn([C@H](C)c5ccc(Cl)cc5Cl)c4n3)C2)C1.CC(C)C(=O)NCCN1CCC[C@H](C2CN(c3cnc4c(C(F)(F)F)nn([C@H](C)c5ccc(Cl)cc5Cl)c4n3)C2)C1. The molecule has 4 aliphatic heterocycles. The molecular formula is C56H68Cl4F6N14O2. The van der Waals surface area contributed by atoms with Crippen molar-refractivity contribution in [3.63, 3.8) is 0 Å². The van der Waals surface area contributed by atoms with E-state index in [1.807, 2.05) is 27.7 Å². The number of piperidine rings is 2. The Morgan fingerprint density at radius 2 is 0.951 bits per heavy atom. The molecular weight excluding hydrogens is 1160 g/mol. The number of likely N-dealkylation sites (tertiary alicyclic amines) is 2. The normalized spacial score (nSPS) is 19.5. The van der Waals surface area contributed by atoms with E-state index < -0.39 is 35.8 Å². The first kappa shape index (κ1) is 61.3. The molecule has 4 atom stereocenters. The molecule has 444 valence electrons. The van der Waals surface area contributed by atoms with Gasteiger partial charge in [-0.15, -0.1) is 0 Å². The van der Waals surface area contributed by atoms with Gasteiger partial charge in [-0.3, -0.25) is 9.59 Å². The van der Waals surface area contributed by atoms with E-state index in [-0.39, 0.29) is 46.0 Å². The topological polar surface area (TPSA) is 158 Å². The number of carbonyl (C=O) groups is 2. The van der Waals surface area contributed by atoms with Crippen LogP contribution in [0.25, 0.3) is 22.3 Å². The first-order valence-corrected chi connectivity index (χ1v) is 29.4. The molecule has 82 heavy (non-hydrogen) atoms. The molecule has 4 saturated heterocycles. The van der Waals surface area contributed by atoms with Crippen LogP contribution in [0.3, 0.4) is 0 Å². The number of hydrogen-bond donors (Lipinski definition) is 2. The van der Waals surface area contributed by atoms with Crippen molar-refractivity contribution in [3.8, 4) is 0 Å². The van der Waals surface area contributed by atoms with Crippen LogP contribution in [-0.4, -0.2) is 140 Å². The van der Waals surface area contributed by atoms with E-state index in [0.717, 1.165) is 91.1 Å². The molecule has 10 rings (SSSR count). The Morgan fingerprint density at radius 1 is 0.573 bits per heavy atom. The second-order valence-electron chi connectivity index (χ2n) is 22.7. The summed E-state index contributed by atoms with van der Waals surface area (Å²) in [6, 6.07) is 8.48. The van der Waals surface area contributed by atoms with Crippen molar-refractivity contribution in [2.45, 2.75) is 91.7 Å². The number of halogens is 10. The van der Waals surface area contributed by atoms with Crippen molar-refractivity contribution in [1.29, 1.82) is 0 Å². The molecule has 26 heteroatoms. The fourth-order valence-electron chi connectivity index (χ4n) is 11.4. The first-order chi connectivity index (χ1) is 38.8. The van der Waals surface area contributed by atoms with Gasteiger partial charge in [-0.1, -0.05) is 86.2 Å². The molecule has 2 N–H and O–H groups in total. The highest BCUT2D eigenvalue weighted by Gasteiger charge is 2.43. The van der Waals surface area contributed by atoms with Gasteiger partial charge < -0.3 is 30.2 Å². The van der Waals surface area contributed by atoms with Gasteiger partial charge in [0.1, 0.15) is 22.7 Å². The molecule has 0 unspecified atom stereocenters. The van der Waals surface area contributed by atoms with Crippen LogP contribution in [0.1, 0.15) is 102 Å². The molecule has 0 aliphatic carbocycles. The van der Waals surface area contributed by atoms with Gasteiger partial charge in [0.2, 0.25) is 11.8 Å². The van der Waals surface area contributed by atoms with Crippen LogP contribution < -0.4 is 20.4 Å². The highest BCUT2D eigenvalue weighted by Crippen LogP contribution is 2.41. The van der Waals surface area contributed by atoms with Crippen molar-refractivity contribution < 1.29 is 35.9 Å². The number of anilines is 2. The van der Waals surface area contributed by atoms with E-state index in [2.05, 4.69) is 60.4 Å². The number of rotatable bonds is 16. The largest absolute Gasteiger partial charge is 0.437 e. The fraction of sp³-hybridized carbons (Fsp3) is 0.571. The molecule has 16 nitrogen and oxygen atoms in total. The number of hydrogen-bond acceptors (Lipinski definition) is 12. The lowest BCUT2D eigenvalue weighted by Gasteiger charge is -2.47. The summed E-state index contributed by atoms with van der Waals surface area (Å²) in [5.41, 5.74) is -1.44. The number of carbonyl (C=O) groups excluding carboxylic acids is 2. The number of amides is 2. The summed E-state index contributed by atoms with van der Waals surface area (Å²) >= 11 is 24.8. The van der Waals surface area contributed by atoms with E-state index in [0.29, 0.717) is 79.6 Å². The Balaban J connectivity index is 0.000000198. The zero-order chi connectivity index (χ0) is 58.9. The summed E-state index contributed by atoms with van der Waals surface area (Å²) in [5.74, 6) is 3.12. The standard InChI is InChI=1S/2C28H34Cl2F3N7O/c2*1-16(2)27(41)34-8-10-38-9-4-5-18(13-38)19-14-39(15-19)23-12-35-24-25(28(31,32)33)37-40(26(24)36-23)17(3)21-7-6-20(29)11-22(21)30/h2*6-7,11-12,16-19H,4-5,8-10,13-15H2,1-3H3,(H,34,41)/t17-,18+;17-,18-/m11/s1. The lowest BCUT2D eigenvalue weighted by Crippen LogP contribution is -2.54. The lowest BCUT2D eigenvalue weighted by atomic mass is 9.80. The predicted octanol–water partition coefficient (Wildman–Crippen LogP) is 11.4. The minimum absolute atomic E-state index is 0.0236. The maximum atomic E-state index is 13.9. The average Bonchev–Trinajstić information content (AvgIpc) is 3.48. The van der Waals surface area contributed by atoms with E-state index in [4.69, 9.17) is 46.4 Å². The van der Waals surface area contributed by atoms with Crippen LogP contribution in [0.4, 0.5) is 38.0 Å². The van der Waals surface area contributed by atoms with Crippen LogP contribution in [-0.2, 0) is 21.9 Å². The highest BCUT2D eigenvalue weighted by atomic mass is 35.5. The Labute approximate surface area is 492 Å². The van der Waals surface area contributed by atoms with Crippen molar-refractivity contribution in [3.05, 3.63) is 91.4 Å². The zero-order valence-corrected chi connectivity index (χ0v) is 49.5. The van der Waals surface area contributed by atoms with Crippen LogP contribution in [0.15, 0.2) is 48.8 Å². The van der Waals surface area contributed by atoms with Gasteiger partial charge >= 0.3 is 12.4 Å². The quantitative estimate of drug-likeness (QED) is 0.0885. The summed E-state index contributed by atoms with van der Waals surface area (Å²) in [7, 11) is 0. The van der Waals surface area contributed by atoms with Crippen LogP contribution >= 0.6 is 46.4 Å². The summed E-state index contributed by atoms with van der Waals surface area (Å²) in [6.45, 7) is 21.0. The van der Waals surface area contributed by atoms with Crippen LogP contribution in [0, 0.1) is 35.5 Å². The Morgan fingerprint density at radius 3 is 1.29 bits per heavy atom. The molecule has 0 saturated carbocycles. The maximum Gasteiger partial charge on any atom is 0.437 e. The van der Waals surface area contributed by atoms with Gasteiger partial charge in [0, 0.05) is 97.4 Å². The summed E-state index contributed by atoms with van der Waals surface area (Å²) in [4.78, 5) is 50.3. The minimum atomic E-state index is -4.69. The molecule has 2 amide bonds. The number of fused-ring (bicyclic) bond motifs is 2. The van der Waals surface area contributed by atoms with Gasteiger partial charge in [-0.25, -0.2) is 29.3 Å². The summed E-state index contributed by atoms with van der Waals surface area (Å²) < 4.78 is 85.8. The second-order valence-corrected chi connectivity index (χ2v) is 24.4. The molecule has 8 heterocycles. The van der Waals surface area contributed by atoms with Crippen LogP contribution in [0.5, 0.6) is 0 Å². The third-order valence-corrected chi connectivity index (χ3v) is 17.4. The molecule has 6 aromatic rings. The summed E-state index contributed by atoms with van der Waals surface area (Å²) in [6.07, 6.45) is -2.07. The highest BCUT2D eigenvalue weighted by molar-refractivity contribution is 6.35.